The van der Waals surface area contributed by atoms with E-state index >= 15 is 0 Å². The Balaban J connectivity index is 2.96. The van der Waals surface area contributed by atoms with Gasteiger partial charge in [0, 0.05) is 6.54 Å². The van der Waals surface area contributed by atoms with Crippen LogP contribution in [0.3, 0.4) is 0 Å². The van der Waals surface area contributed by atoms with E-state index in [9.17, 15) is 10.1 Å². The maximum Gasteiger partial charge on any atom is 0.413 e. The Morgan fingerprint density at radius 3 is 2.75 bits per heavy atom. The Kier molecular flexibility index (Phi) is 2.37. The van der Waals surface area contributed by atoms with E-state index in [4.69, 9.17) is 0 Å². The molecule has 1 aromatic rings. The maximum atomic E-state index is 10.3. The second-order valence-corrected chi connectivity index (χ2v) is 2.48. The average molecular weight is 170 g/mol. The van der Waals surface area contributed by atoms with E-state index in [1.165, 1.54) is 4.68 Å². The summed E-state index contributed by atoms with van der Waals surface area (Å²) in [7, 11) is 0. The standard InChI is InChI=1S/C6H10N4O2/c1-3-4-9-5(2)6(7-8-9)10(11)12/h3-4H2,1-2H3. The fraction of sp³-hybridized carbons (Fsp3) is 0.667. The maximum absolute atomic E-state index is 10.3. The van der Waals surface area contributed by atoms with Crippen molar-refractivity contribution in [2.75, 3.05) is 0 Å². The summed E-state index contributed by atoms with van der Waals surface area (Å²) >= 11 is 0. The SMILES string of the molecule is CCCn1nnc([N+](=O)[O-])c1C. The highest BCUT2D eigenvalue weighted by atomic mass is 16.6. The zero-order valence-electron chi connectivity index (χ0n) is 7.02. The van der Waals surface area contributed by atoms with Crippen molar-refractivity contribution < 1.29 is 4.92 Å². The van der Waals surface area contributed by atoms with Crippen LogP contribution in [0.25, 0.3) is 0 Å². The minimum atomic E-state index is -0.519. The van der Waals surface area contributed by atoms with E-state index in [0.29, 0.717) is 12.2 Å². The number of hydrogen-bond donors (Lipinski definition) is 0. The summed E-state index contributed by atoms with van der Waals surface area (Å²) in [5.74, 6) is -0.150. The van der Waals surface area contributed by atoms with Gasteiger partial charge in [-0.05, 0) is 18.3 Å². The predicted octanol–water partition coefficient (Wildman–Crippen LogP) is 0.905. The molecule has 0 aliphatic carbocycles. The quantitative estimate of drug-likeness (QED) is 0.499. The van der Waals surface area contributed by atoms with Crippen molar-refractivity contribution in [3.05, 3.63) is 15.8 Å². The lowest BCUT2D eigenvalue weighted by Gasteiger charge is -1.95. The summed E-state index contributed by atoms with van der Waals surface area (Å²) in [6.45, 7) is 4.30. The molecule has 0 aliphatic rings. The van der Waals surface area contributed by atoms with Crippen molar-refractivity contribution in [1.82, 2.24) is 15.0 Å². The molecule has 0 saturated heterocycles. The molecule has 0 bridgehead atoms. The molecular weight excluding hydrogens is 160 g/mol. The molecule has 6 nitrogen and oxygen atoms in total. The van der Waals surface area contributed by atoms with Crippen LogP contribution in [0.4, 0.5) is 5.82 Å². The molecular formula is C6H10N4O2. The first kappa shape index (κ1) is 8.63. The minimum absolute atomic E-state index is 0.150. The molecule has 66 valence electrons. The summed E-state index contributed by atoms with van der Waals surface area (Å²) < 4.78 is 1.54. The van der Waals surface area contributed by atoms with Gasteiger partial charge in [0.1, 0.15) is 10.8 Å². The molecule has 0 fully saturated rings. The molecule has 0 atom stereocenters. The van der Waals surface area contributed by atoms with Gasteiger partial charge in [-0.1, -0.05) is 6.92 Å². The molecule has 0 unspecified atom stereocenters. The van der Waals surface area contributed by atoms with Crippen LogP contribution in [-0.2, 0) is 6.54 Å². The van der Waals surface area contributed by atoms with Gasteiger partial charge >= 0.3 is 5.82 Å². The van der Waals surface area contributed by atoms with Crippen LogP contribution < -0.4 is 0 Å². The van der Waals surface area contributed by atoms with Crippen molar-refractivity contribution in [2.24, 2.45) is 0 Å². The third-order valence-corrected chi connectivity index (χ3v) is 1.57. The van der Waals surface area contributed by atoms with Gasteiger partial charge in [0.05, 0.1) is 5.21 Å². The third-order valence-electron chi connectivity index (χ3n) is 1.57. The predicted molar refractivity (Wildman–Crippen MR) is 41.7 cm³/mol. The summed E-state index contributed by atoms with van der Waals surface area (Å²) in [5.41, 5.74) is 0.516. The molecule has 1 heterocycles. The first-order valence-corrected chi connectivity index (χ1v) is 3.71. The number of rotatable bonds is 3. The van der Waals surface area contributed by atoms with Gasteiger partial charge in [0.15, 0.2) is 0 Å². The van der Waals surface area contributed by atoms with Gasteiger partial charge in [-0.3, -0.25) is 0 Å². The zero-order valence-corrected chi connectivity index (χ0v) is 7.02. The second-order valence-electron chi connectivity index (χ2n) is 2.48. The second kappa shape index (κ2) is 3.29. The van der Waals surface area contributed by atoms with E-state index < -0.39 is 4.92 Å². The van der Waals surface area contributed by atoms with Gasteiger partial charge in [0.25, 0.3) is 0 Å². The summed E-state index contributed by atoms with van der Waals surface area (Å²) in [5, 5.41) is 17.4. The van der Waals surface area contributed by atoms with Crippen molar-refractivity contribution in [1.29, 1.82) is 0 Å². The van der Waals surface area contributed by atoms with E-state index in [0.717, 1.165) is 6.42 Å². The van der Waals surface area contributed by atoms with Gasteiger partial charge in [-0.25, -0.2) is 4.68 Å². The molecule has 12 heavy (non-hydrogen) atoms. The molecule has 0 aliphatic heterocycles. The molecule has 0 N–H and O–H groups in total. The van der Waals surface area contributed by atoms with Crippen LogP contribution in [0.15, 0.2) is 0 Å². The van der Waals surface area contributed by atoms with Gasteiger partial charge in [0.2, 0.25) is 0 Å². The Morgan fingerprint density at radius 1 is 1.67 bits per heavy atom. The molecule has 0 amide bonds. The Hall–Kier alpha value is -1.46. The molecule has 0 aromatic carbocycles. The van der Waals surface area contributed by atoms with Crippen LogP contribution in [0, 0.1) is 17.0 Å². The molecule has 0 saturated carbocycles. The first-order chi connectivity index (χ1) is 5.66. The van der Waals surface area contributed by atoms with Crippen molar-refractivity contribution in [3.8, 4) is 0 Å². The third kappa shape index (κ3) is 1.41. The van der Waals surface area contributed by atoms with Crippen molar-refractivity contribution >= 4 is 5.82 Å². The number of nitro groups is 1. The average Bonchev–Trinajstić information content (AvgIpc) is 2.34. The lowest BCUT2D eigenvalue weighted by Crippen LogP contribution is -2.01. The van der Waals surface area contributed by atoms with Crippen molar-refractivity contribution in [2.45, 2.75) is 26.8 Å². The first-order valence-electron chi connectivity index (χ1n) is 3.71. The monoisotopic (exact) mass is 170 g/mol. The molecule has 0 radical (unpaired) electrons. The largest absolute Gasteiger partial charge is 0.413 e. The fourth-order valence-corrected chi connectivity index (χ4v) is 0.944. The minimum Gasteiger partial charge on any atom is -0.358 e. The number of nitrogens with zero attached hydrogens (tertiary/aromatic N) is 4. The number of hydrogen-bond acceptors (Lipinski definition) is 4. The fourth-order valence-electron chi connectivity index (χ4n) is 0.944. The van der Waals surface area contributed by atoms with E-state index in [1.807, 2.05) is 6.92 Å². The Bertz CT molecular complexity index is 294. The van der Waals surface area contributed by atoms with Crippen LogP contribution >= 0.6 is 0 Å². The summed E-state index contributed by atoms with van der Waals surface area (Å²) in [4.78, 5) is 9.81. The van der Waals surface area contributed by atoms with Crippen LogP contribution in [0.2, 0.25) is 0 Å². The Labute approximate surface area is 69.3 Å². The molecule has 1 aromatic heterocycles. The molecule has 1 rings (SSSR count). The van der Waals surface area contributed by atoms with Crippen LogP contribution in [0.1, 0.15) is 19.0 Å². The highest BCUT2D eigenvalue weighted by Gasteiger charge is 2.18. The van der Waals surface area contributed by atoms with Crippen LogP contribution in [0.5, 0.6) is 0 Å². The van der Waals surface area contributed by atoms with Crippen molar-refractivity contribution in [3.63, 3.8) is 0 Å². The van der Waals surface area contributed by atoms with E-state index in [1.54, 1.807) is 6.92 Å². The highest BCUT2D eigenvalue weighted by Crippen LogP contribution is 2.12. The smallest absolute Gasteiger partial charge is 0.358 e. The summed E-state index contributed by atoms with van der Waals surface area (Å²) in [6.07, 6.45) is 0.890. The normalized spacial score (nSPS) is 10.2. The Morgan fingerprint density at radius 2 is 2.33 bits per heavy atom. The molecule has 0 spiro atoms. The van der Waals surface area contributed by atoms with Gasteiger partial charge in [-0.2, -0.15) is 0 Å². The molecule has 6 heteroatoms. The lowest BCUT2D eigenvalue weighted by molar-refractivity contribution is -0.390. The number of aryl methyl sites for hydroxylation is 1. The number of aromatic nitrogens is 3. The lowest BCUT2D eigenvalue weighted by atomic mass is 10.4. The van der Waals surface area contributed by atoms with Crippen LogP contribution in [-0.4, -0.2) is 19.9 Å². The van der Waals surface area contributed by atoms with Gasteiger partial charge in [-0.15, -0.1) is 0 Å². The summed E-state index contributed by atoms with van der Waals surface area (Å²) in [6, 6.07) is 0. The van der Waals surface area contributed by atoms with E-state index in [2.05, 4.69) is 10.3 Å². The van der Waals surface area contributed by atoms with Gasteiger partial charge < -0.3 is 10.1 Å². The van der Waals surface area contributed by atoms with E-state index in [-0.39, 0.29) is 5.82 Å². The topological polar surface area (TPSA) is 73.8 Å². The zero-order chi connectivity index (χ0) is 9.14. The highest BCUT2D eigenvalue weighted by molar-refractivity contribution is 5.22.